The minimum Gasteiger partial charge on any atom is -0.483 e. The van der Waals surface area contributed by atoms with Crippen LogP contribution >= 0.6 is 15.9 Å². The van der Waals surface area contributed by atoms with Crippen LogP contribution in [0.1, 0.15) is 57.1 Å². The van der Waals surface area contributed by atoms with Gasteiger partial charge in [-0.05, 0) is 71.3 Å². The number of aryl methyl sites for hydroxylation is 1. The number of hydrogen-bond donors (Lipinski definition) is 1. The van der Waals surface area contributed by atoms with Crippen LogP contribution in [-0.4, -0.2) is 41.9 Å². The summed E-state index contributed by atoms with van der Waals surface area (Å²) in [7, 11) is 0. The highest BCUT2D eigenvalue weighted by Gasteiger charge is 2.30. The van der Waals surface area contributed by atoms with Crippen molar-refractivity contribution in [1.29, 1.82) is 0 Å². The summed E-state index contributed by atoms with van der Waals surface area (Å²) in [6.45, 7) is 4.42. The van der Waals surface area contributed by atoms with Crippen LogP contribution in [0.2, 0.25) is 0 Å². The first-order chi connectivity index (χ1) is 16.0. The summed E-state index contributed by atoms with van der Waals surface area (Å²) >= 11 is 3.54. The van der Waals surface area contributed by atoms with Gasteiger partial charge in [0.2, 0.25) is 5.91 Å². The Morgan fingerprint density at radius 3 is 2.45 bits per heavy atom. The second-order valence-corrected chi connectivity index (χ2v) is 9.50. The molecule has 2 aromatic carbocycles. The van der Waals surface area contributed by atoms with E-state index in [0.29, 0.717) is 25.1 Å². The van der Waals surface area contributed by atoms with Gasteiger partial charge in [0.05, 0.1) is 4.47 Å². The van der Waals surface area contributed by atoms with Gasteiger partial charge in [0.25, 0.3) is 5.91 Å². The van der Waals surface area contributed by atoms with Crippen LogP contribution in [0, 0.1) is 0 Å². The van der Waals surface area contributed by atoms with Gasteiger partial charge in [0.1, 0.15) is 11.8 Å². The third-order valence-electron chi connectivity index (χ3n) is 6.33. The molecule has 1 fully saturated rings. The zero-order valence-electron chi connectivity index (χ0n) is 19.7. The second kappa shape index (κ2) is 12.8. The van der Waals surface area contributed by atoms with Crippen LogP contribution < -0.4 is 10.1 Å². The van der Waals surface area contributed by atoms with Crippen molar-refractivity contribution in [2.75, 3.05) is 13.2 Å². The normalized spacial score (nSPS) is 14.6. The molecule has 0 aromatic heterocycles. The number of halogens is 1. The largest absolute Gasteiger partial charge is 0.483 e. The SMILES string of the molecule is CCc1ccc(OCC(=O)N(CCc2ccccc2)[C@H](CC)C(=O)NC2CCCC2)c(Br)c1. The molecule has 6 heteroatoms. The number of nitrogens with one attached hydrogen (secondary N) is 1. The molecular formula is C27H35BrN2O3. The van der Waals surface area contributed by atoms with Crippen LogP contribution in [0.5, 0.6) is 5.75 Å². The maximum atomic E-state index is 13.3. The number of ether oxygens (including phenoxy) is 1. The van der Waals surface area contributed by atoms with Crippen LogP contribution in [-0.2, 0) is 22.4 Å². The van der Waals surface area contributed by atoms with Crippen molar-refractivity contribution in [3.05, 3.63) is 64.1 Å². The minimum absolute atomic E-state index is 0.0562. The molecule has 178 valence electrons. The third-order valence-corrected chi connectivity index (χ3v) is 6.95. The van der Waals surface area contributed by atoms with Crippen LogP contribution in [0.3, 0.4) is 0 Å². The van der Waals surface area contributed by atoms with E-state index in [4.69, 9.17) is 4.74 Å². The summed E-state index contributed by atoms with van der Waals surface area (Å²) in [5, 5.41) is 3.18. The van der Waals surface area contributed by atoms with E-state index in [1.165, 1.54) is 5.56 Å². The Balaban J connectivity index is 1.71. The van der Waals surface area contributed by atoms with E-state index in [2.05, 4.69) is 28.2 Å². The molecule has 1 aliphatic rings. The van der Waals surface area contributed by atoms with E-state index >= 15 is 0 Å². The number of benzene rings is 2. The Kier molecular flexibility index (Phi) is 9.79. The monoisotopic (exact) mass is 514 g/mol. The zero-order valence-corrected chi connectivity index (χ0v) is 21.3. The Hall–Kier alpha value is -2.34. The highest BCUT2D eigenvalue weighted by atomic mass is 79.9. The predicted molar refractivity (Wildman–Crippen MR) is 135 cm³/mol. The van der Waals surface area contributed by atoms with E-state index < -0.39 is 6.04 Å². The number of carbonyl (C=O) groups is 2. The van der Waals surface area contributed by atoms with E-state index in [9.17, 15) is 9.59 Å². The van der Waals surface area contributed by atoms with Crippen LogP contribution in [0.4, 0.5) is 0 Å². The molecule has 1 aliphatic carbocycles. The zero-order chi connectivity index (χ0) is 23.6. The molecule has 2 aromatic rings. The summed E-state index contributed by atoms with van der Waals surface area (Å²) < 4.78 is 6.70. The van der Waals surface area contributed by atoms with Crippen molar-refractivity contribution in [1.82, 2.24) is 10.2 Å². The Bertz CT molecular complexity index is 913. The second-order valence-electron chi connectivity index (χ2n) is 8.64. The van der Waals surface area contributed by atoms with Crippen molar-refractivity contribution in [3.8, 4) is 5.75 Å². The molecule has 5 nitrogen and oxygen atoms in total. The molecule has 33 heavy (non-hydrogen) atoms. The topological polar surface area (TPSA) is 58.6 Å². The van der Waals surface area contributed by atoms with Gasteiger partial charge < -0.3 is 15.0 Å². The summed E-state index contributed by atoms with van der Waals surface area (Å²) in [6.07, 6.45) is 6.52. The van der Waals surface area contributed by atoms with Crippen molar-refractivity contribution >= 4 is 27.7 Å². The lowest BCUT2D eigenvalue weighted by molar-refractivity contribution is -0.142. The molecule has 1 atom stereocenters. The Morgan fingerprint density at radius 1 is 1.09 bits per heavy atom. The molecule has 0 unspecified atom stereocenters. The Morgan fingerprint density at radius 2 is 1.82 bits per heavy atom. The van der Waals surface area contributed by atoms with Gasteiger partial charge in [-0.3, -0.25) is 9.59 Å². The van der Waals surface area contributed by atoms with Gasteiger partial charge in [-0.2, -0.15) is 0 Å². The number of carbonyl (C=O) groups excluding carboxylic acids is 2. The molecule has 2 amide bonds. The summed E-state index contributed by atoms with van der Waals surface area (Å²) in [4.78, 5) is 28.2. The molecule has 0 saturated heterocycles. The molecule has 0 radical (unpaired) electrons. The standard InChI is InChI=1S/C27H35BrN2O3/c1-3-20-14-15-25(23(28)18-20)33-19-26(31)30(17-16-21-10-6-5-7-11-21)24(4-2)27(32)29-22-12-8-9-13-22/h5-7,10-11,14-15,18,22,24H,3-4,8-9,12-13,16-17,19H2,1-2H3,(H,29,32)/t24-/m1/s1. The van der Waals surface area contributed by atoms with Gasteiger partial charge in [-0.1, -0.05) is 63.1 Å². The quantitative estimate of drug-likeness (QED) is 0.442. The minimum atomic E-state index is -0.503. The number of amides is 2. The maximum absolute atomic E-state index is 13.3. The molecule has 3 rings (SSSR count). The van der Waals surface area contributed by atoms with Gasteiger partial charge in [0.15, 0.2) is 6.61 Å². The van der Waals surface area contributed by atoms with Crippen molar-refractivity contribution in [2.45, 2.75) is 70.9 Å². The molecule has 1 N–H and O–H groups in total. The average molecular weight is 515 g/mol. The van der Waals surface area contributed by atoms with E-state index in [1.807, 2.05) is 55.5 Å². The lowest BCUT2D eigenvalue weighted by Gasteiger charge is -2.31. The fourth-order valence-electron chi connectivity index (χ4n) is 4.37. The molecular weight excluding hydrogens is 480 g/mol. The van der Waals surface area contributed by atoms with Gasteiger partial charge in [0, 0.05) is 12.6 Å². The van der Waals surface area contributed by atoms with Crippen molar-refractivity contribution in [2.24, 2.45) is 0 Å². The number of rotatable bonds is 11. The Labute approximate surface area is 206 Å². The average Bonchev–Trinajstić information content (AvgIpc) is 3.34. The summed E-state index contributed by atoms with van der Waals surface area (Å²) in [5.41, 5.74) is 2.33. The fraction of sp³-hybridized carbons (Fsp3) is 0.481. The first-order valence-electron chi connectivity index (χ1n) is 12.1. The van der Waals surface area contributed by atoms with Crippen molar-refractivity contribution in [3.63, 3.8) is 0 Å². The van der Waals surface area contributed by atoms with Gasteiger partial charge >= 0.3 is 0 Å². The predicted octanol–water partition coefficient (Wildman–Crippen LogP) is 5.30. The van der Waals surface area contributed by atoms with Gasteiger partial charge in [-0.15, -0.1) is 0 Å². The van der Waals surface area contributed by atoms with Crippen LogP contribution in [0.25, 0.3) is 0 Å². The molecule has 0 bridgehead atoms. The first kappa shape index (κ1) is 25.3. The highest BCUT2D eigenvalue weighted by molar-refractivity contribution is 9.10. The molecule has 0 spiro atoms. The van der Waals surface area contributed by atoms with Crippen LogP contribution in [0.15, 0.2) is 53.0 Å². The number of hydrogen-bond acceptors (Lipinski definition) is 3. The summed E-state index contributed by atoms with van der Waals surface area (Å²) in [6, 6.07) is 15.7. The number of nitrogens with zero attached hydrogens (tertiary/aromatic N) is 1. The maximum Gasteiger partial charge on any atom is 0.261 e. The summed E-state index contributed by atoms with van der Waals surface area (Å²) in [5.74, 6) is 0.400. The molecule has 0 aliphatic heterocycles. The molecule has 1 saturated carbocycles. The smallest absolute Gasteiger partial charge is 0.261 e. The fourth-order valence-corrected chi connectivity index (χ4v) is 4.91. The lowest BCUT2D eigenvalue weighted by Crippen LogP contribution is -2.53. The van der Waals surface area contributed by atoms with E-state index in [0.717, 1.165) is 42.1 Å². The molecule has 0 heterocycles. The third kappa shape index (κ3) is 7.32. The van der Waals surface area contributed by atoms with Gasteiger partial charge in [-0.25, -0.2) is 0 Å². The lowest BCUT2D eigenvalue weighted by atomic mass is 10.1. The van der Waals surface area contributed by atoms with E-state index in [-0.39, 0.29) is 24.5 Å². The van der Waals surface area contributed by atoms with Crippen molar-refractivity contribution < 1.29 is 14.3 Å². The first-order valence-corrected chi connectivity index (χ1v) is 12.9. The van der Waals surface area contributed by atoms with E-state index in [1.54, 1.807) is 4.90 Å². The highest BCUT2D eigenvalue weighted by Crippen LogP contribution is 2.26.